The van der Waals surface area contributed by atoms with E-state index in [0.717, 1.165) is 37.1 Å². The van der Waals surface area contributed by atoms with Crippen molar-refractivity contribution in [3.8, 4) is 0 Å². The molecule has 0 saturated carbocycles. The van der Waals surface area contributed by atoms with E-state index in [1.165, 1.54) is 29.7 Å². The minimum Gasteiger partial charge on any atom is -0.393 e. The van der Waals surface area contributed by atoms with Crippen molar-refractivity contribution in [2.24, 2.45) is 0 Å². The number of hydrogen-bond acceptors (Lipinski definition) is 3. The molecule has 21 heavy (non-hydrogen) atoms. The second-order valence-electron chi connectivity index (χ2n) is 6.50. The first-order chi connectivity index (χ1) is 10.1. The number of rotatable bonds is 3. The Morgan fingerprint density at radius 1 is 1.38 bits per heavy atom. The van der Waals surface area contributed by atoms with Crippen LogP contribution in [-0.2, 0) is 12.8 Å². The summed E-state index contributed by atoms with van der Waals surface area (Å²) in [4.78, 5) is 17.3. The molecule has 116 valence electrons. The van der Waals surface area contributed by atoms with Gasteiger partial charge in [-0.3, -0.25) is 4.79 Å². The summed E-state index contributed by atoms with van der Waals surface area (Å²) in [7, 11) is 0. The van der Waals surface area contributed by atoms with Crippen molar-refractivity contribution in [1.29, 1.82) is 0 Å². The monoisotopic (exact) mass is 307 g/mol. The number of thiophene rings is 1. The van der Waals surface area contributed by atoms with E-state index in [-0.39, 0.29) is 18.1 Å². The van der Waals surface area contributed by atoms with Crippen molar-refractivity contribution in [2.45, 2.75) is 70.4 Å². The molecule has 3 nitrogen and oxygen atoms in total. The van der Waals surface area contributed by atoms with Gasteiger partial charge in [-0.1, -0.05) is 12.8 Å². The fourth-order valence-corrected chi connectivity index (χ4v) is 4.87. The van der Waals surface area contributed by atoms with Gasteiger partial charge in [0.15, 0.2) is 0 Å². The van der Waals surface area contributed by atoms with E-state index in [1.54, 1.807) is 11.3 Å². The number of carbonyl (C=O) groups excluding carboxylic acids is 1. The topological polar surface area (TPSA) is 40.5 Å². The smallest absolute Gasteiger partial charge is 0.264 e. The SMILES string of the molecule is C[C@@H](O)C[C@@H]1CCCCCN1C(=O)c1cc2c(s1)CCC2. The molecule has 0 aromatic carbocycles. The maximum atomic E-state index is 12.9. The number of fused-ring (bicyclic) bond motifs is 1. The predicted octanol–water partition coefficient (Wildman–Crippen LogP) is 3.39. The molecule has 1 aromatic rings. The van der Waals surface area contributed by atoms with Crippen LogP contribution in [0.25, 0.3) is 0 Å². The number of nitrogens with zero attached hydrogens (tertiary/aromatic N) is 1. The van der Waals surface area contributed by atoms with Gasteiger partial charge in [0.1, 0.15) is 0 Å². The predicted molar refractivity (Wildman–Crippen MR) is 85.9 cm³/mol. The number of aliphatic hydroxyl groups excluding tert-OH is 1. The average Bonchev–Trinajstić information content (AvgIpc) is 2.94. The number of aryl methyl sites for hydroxylation is 2. The molecule has 4 heteroatoms. The maximum absolute atomic E-state index is 12.9. The van der Waals surface area contributed by atoms with E-state index in [2.05, 4.69) is 6.07 Å². The first-order valence-electron chi connectivity index (χ1n) is 8.26. The van der Waals surface area contributed by atoms with Crippen LogP contribution in [0.2, 0.25) is 0 Å². The van der Waals surface area contributed by atoms with Gasteiger partial charge in [0.05, 0.1) is 11.0 Å². The summed E-state index contributed by atoms with van der Waals surface area (Å²) in [6.07, 6.45) is 8.37. The van der Waals surface area contributed by atoms with Gasteiger partial charge in [-0.2, -0.15) is 0 Å². The largest absolute Gasteiger partial charge is 0.393 e. The van der Waals surface area contributed by atoms with E-state index < -0.39 is 0 Å². The van der Waals surface area contributed by atoms with Crippen molar-refractivity contribution in [3.05, 3.63) is 21.4 Å². The highest BCUT2D eigenvalue weighted by Gasteiger charge is 2.29. The van der Waals surface area contributed by atoms with Gasteiger partial charge in [-0.25, -0.2) is 0 Å². The lowest BCUT2D eigenvalue weighted by Crippen LogP contribution is -2.41. The molecule has 0 radical (unpaired) electrons. The first kappa shape index (κ1) is 15.0. The van der Waals surface area contributed by atoms with Gasteiger partial charge in [0.2, 0.25) is 0 Å². The van der Waals surface area contributed by atoms with Crippen LogP contribution in [0.1, 0.15) is 65.6 Å². The van der Waals surface area contributed by atoms with Gasteiger partial charge in [-0.15, -0.1) is 11.3 Å². The second-order valence-corrected chi connectivity index (χ2v) is 7.64. The Kier molecular flexibility index (Phi) is 4.65. The summed E-state index contributed by atoms with van der Waals surface area (Å²) < 4.78 is 0. The summed E-state index contributed by atoms with van der Waals surface area (Å²) in [6, 6.07) is 2.33. The number of aliphatic hydroxyl groups is 1. The van der Waals surface area contributed by atoms with Crippen LogP contribution in [0.4, 0.5) is 0 Å². The van der Waals surface area contributed by atoms with Crippen LogP contribution >= 0.6 is 11.3 Å². The zero-order valence-electron chi connectivity index (χ0n) is 12.8. The highest BCUT2D eigenvalue weighted by atomic mass is 32.1. The van der Waals surface area contributed by atoms with Gasteiger partial charge in [0.25, 0.3) is 5.91 Å². The Morgan fingerprint density at radius 2 is 2.24 bits per heavy atom. The quantitative estimate of drug-likeness (QED) is 0.930. The van der Waals surface area contributed by atoms with Crippen LogP contribution < -0.4 is 0 Å². The van der Waals surface area contributed by atoms with Crippen molar-refractivity contribution in [2.75, 3.05) is 6.54 Å². The molecule has 0 unspecified atom stereocenters. The van der Waals surface area contributed by atoms with E-state index >= 15 is 0 Å². The number of likely N-dealkylation sites (tertiary alicyclic amines) is 1. The molecule has 1 saturated heterocycles. The first-order valence-corrected chi connectivity index (χ1v) is 9.07. The number of carbonyl (C=O) groups is 1. The van der Waals surface area contributed by atoms with E-state index in [0.29, 0.717) is 6.42 Å². The summed E-state index contributed by atoms with van der Waals surface area (Å²) in [5.74, 6) is 0.196. The Morgan fingerprint density at radius 3 is 3.00 bits per heavy atom. The van der Waals surface area contributed by atoms with E-state index in [4.69, 9.17) is 0 Å². The molecule has 2 atom stereocenters. The van der Waals surface area contributed by atoms with Crippen molar-refractivity contribution >= 4 is 17.2 Å². The maximum Gasteiger partial charge on any atom is 0.264 e. The minimum atomic E-state index is -0.336. The minimum absolute atomic E-state index is 0.196. The van der Waals surface area contributed by atoms with Gasteiger partial charge in [-0.05, 0) is 57.1 Å². The van der Waals surface area contributed by atoms with Crippen LogP contribution in [0.5, 0.6) is 0 Å². The third-order valence-electron chi connectivity index (χ3n) is 4.71. The molecule has 2 heterocycles. The number of hydrogen-bond donors (Lipinski definition) is 1. The van der Waals surface area contributed by atoms with E-state index in [1.807, 2.05) is 11.8 Å². The molecule has 0 spiro atoms. The molecule has 1 fully saturated rings. The van der Waals surface area contributed by atoms with Crippen LogP contribution in [0.3, 0.4) is 0 Å². The fraction of sp³-hybridized carbons (Fsp3) is 0.706. The molecule has 1 aromatic heterocycles. The van der Waals surface area contributed by atoms with Gasteiger partial charge in [0, 0.05) is 17.5 Å². The van der Waals surface area contributed by atoms with Crippen molar-refractivity contribution < 1.29 is 9.90 Å². The average molecular weight is 307 g/mol. The summed E-state index contributed by atoms with van der Waals surface area (Å²) in [6.45, 7) is 2.67. The molecule has 0 bridgehead atoms. The molecule has 1 N–H and O–H groups in total. The molecule has 1 aliphatic carbocycles. The lowest BCUT2D eigenvalue weighted by molar-refractivity contribution is 0.0612. The Balaban J connectivity index is 1.78. The van der Waals surface area contributed by atoms with Crippen molar-refractivity contribution in [1.82, 2.24) is 4.90 Å². The summed E-state index contributed by atoms with van der Waals surface area (Å²) in [5.41, 5.74) is 1.39. The second kappa shape index (κ2) is 6.49. The van der Waals surface area contributed by atoms with Crippen molar-refractivity contribution in [3.63, 3.8) is 0 Å². The summed E-state index contributed by atoms with van der Waals surface area (Å²) in [5, 5.41) is 9.73. The lowest BCUT2D eigenvalue weighted by Gasteiger charge is -2.30. The molecule has 1 amide bonds. The standard InChI is InChI=1S/C17H25NO2S/c1-12(19)10-14-7-3-2-4-9-18(14)17(20)16-11-13-6-5-8-15(13)21-16/h11-12,14,19H,2-10H2,1H3/t12-,14+/m1/s1. The lowest BCUT2D eigenvalue weighted by atomic mass is 10.0. The van der Waals surface area contributed by atoms with Crippen LogP contribution in [-0.4, -0.2) is 34.6 Å². The Bertz CT molecular complexity index is 487. The molecular weight excluding hydrogens is 282 g/mol. The third kappa shape index (κ3) is 3.32. The molecular formula is C17H25NO2S. The fourth-order valence-electron chi connectivity index (χ4n) is 3.66. The zero-order chi connectivity index (χ0) is 14.8. The van der Waals surface area contributed by atoms with E-state index in [9.17, 15) is 9.90 Å². The third-order valence-corrected chi connectivity index (χ3v) is 5.93. The Labute approximate surface area is 131 Å². The van der Waals surface area contributed by atoms with Gasteiger partial charge >= 0.3 is 0 Å². The zero-order valence-corrected chi connectivity index (χ0v) is 13.6. The molecule has 2 aliphatic rings. The highest BCUT2D eigenvalue weighted by Crippen LogP contribution is 2.32. The van der Waals surface area contributed by atoms with Crippen LogP contribution in [0, 0.1) is 0 Å². The normalized spacial score (nSPS) is 23.7. The highest BCUT2D eigenvalue weighted by molar-refractivity contribution is 7.14. The number of amides is 1. The summed E-state index contributed by atoms with van der Waals surface area (Å²) >= 11 is 1.70. The molecule has 1 aliphatic heterocycles. The van der Waals surface area contributed by atoms with Gasteiger partial charge < -0.3 is 10.0 Å². The molecule has 3 rings (SSSR count). The van der Waals surface area contributed by atoms with Crippen LogP contribution in [0.15, 0.2) is 6.07 Å². The Hall–Kier alpha value is -0.870.